The van der Waals surface area contributed by atoms with Crippen molar-refractivity contribution in [3.05, 3.63) is 35.9 Å². The summed E-state index contributed by atoms with van der Waals surface area (Å²) in [7, 11) is 1.03. The quantitative estimate of drug-likeness (QED) is 0.766. The summed E-state index contributed by atoms with van der Waals surface area (Å²) in [6, 6.07) is 7.47. The second-order valence-electron chi connectivity index (χ2n) is 3.41. The Morgan fingerprint density at radius 1 is 1.31 bits per heavy atom. The van der Waals surface area contributed by atoms with Crippen molar-refractivity contribution in [3.8, 4) is 0 Å². The van der Waals surface area contributed by atoms with Crippen molar-refractivity contribution in [2.75, 3.05) is 7.11 Å². The molecular formula is C11H11ClF2O2. The Labute approximate surface area is 97.2 Å². The largest absolute Gasteiger partial charge is 0.359 e. The van der Waals surface area contributed by atoms with Gasteiger partial charge in [0.15, 0.2) is 0 Å². The van der Waals surface area contributed by atoms with E-state index in [1.54, 1.807) is 6.07 Å². The molecule has 0 saturated heterocycles. The lowest BCUT2D eigenvalue weighted by atomic mass is 9.89. The first kappa shape index (κ1) is 13.1. The molecule has 0 aliphatic rings. The minimum atomic E-state index is -3.41. The fourth-order valence-electron chi connectivity index (χ4n) is 1.59. The molecule has 1 atom stereocenters. The van der Waals surface area contributed by atoms with E-state index < -0.39 is 16.8 Å². The Bertz CT molecular complexity index is 375. The summed E-state index contributed by atoms with van der Waals surface area (Å²) < 4.78 is 31.8. The summed E-state index contributed by atoms with van der Waals surface area (Å²) in [5, 5.41) is -1.24. The molecule has 0 radical (unpaired) electrons. The number of halogens is 3. The Morgan fingerprint density at radius 3 is 2.12 bits per heavy atom. The normalized spacial score (nSPS) is 15.6. The van der Waals surface area contributed by atoms with Crippen molar-refractivity contribution < 1.29 is 18.3 Å². The highest BCUT2D eigenvalue weighted by Gasteiger charge is 2.57. The van der Waals surface area contributed by atoms with E-state index in [9.17, 15) is 13.6 Å². The maximum Gasteiger partial charge on any atom is 0.286 e. The Morgan fingerprint density at radius 2 is 1.81 bits per heavy atom. The van der Waals surface area contributed by atoms with Gasteiger partial charge in [-0.15, -0.1) is 0 Å². The van der Waals surface area contributed by atoms with Gasteiger partial charge in [-0.05, 0) is 17.2 Å². The van der Waals surface area contributed by atoms with Crippen LogP contribution in [0.25, 0.3) is 0 Å². The summed E-state index contributed by atoms with van der Waals surface area (Å²) in [6.07, 6.45) is 0. The first-order valence-corrected chi connectivity index (χ1v) is 4.92. The van der Waals surface area contributed by atoms with Crippen LogP contribution in [0, 0.1) is 0 Å². The second-order valence-corrected chi connectivity index (χ2v) is 3.76. The second kappa shape index (κ2) is 4.47. The van der Waals surface area contributed by atoms with Crippen LogP contribution in [-0.2, 0) is 15.1 Å². The van der Waals surface area contributed by atoms with Gasteiger partial charge in [0.25, 0.3) is 11.2 Å². The summed E-state index contributed by atoms with van der Waals surface area (Å²) in [6.45, 7) is 0.601. The molecule has 5 heteroatoms. The van der Waals surface area contributed by atoms with Gasteiger partial charge in [-0.1, -0.05) is 30.3 Å². The van der Waals surface area contributed by atoms with Crippen LogP contribution >= 0.6 is 11.6 Å². The van der Waals surface area contributed by atoms with Gasteiger partial charge in [-0.2, -0.15) is 0 Å². The van der Waals surface area contributed by atoms with Crippen LogP contribution in [0.5, 0.6) is 0 Å². The van der Waals surface area contributed by atoms with Crippen LogP contribution in [0.15, 0.2) is 30.3 Å². The molecule has 1 rings (SSSR count). The van der Waals surface area contributed by atoms with Gasteiger partial charge in [-0.25, -0.2) is 8.78 Å². The van der Waals surface area contributed by atoms with Crippen molar-refractivity contribution in [2.45, 2.75) is 18.4 Å². The van der Waals surface area contributed by atoms with Gasteiger partial charge in [0, 0.05) is 14.0 Å². The number of carbonyl (C=O) groups is 1. The topological polar surface area (TPSA) is 26.3 Å². The lowest BCUT2D eigenvalue weighted by Gasteiger charge is -2.34. The van der Waals surface area contributed by atoms with E-state index in [1.165, 1.54) is 24.3 Å². The molecule has 0 aromatic heterocycles. The molecule has 0 N–H and O–H groups in total. The van der Waals surface area contributed by atoms with E-state index >= 15 is 0 Å². The third-order valence-electron chi connectivity index (χ3n) is 2.38. The molecule has 0 amide bonds. The predicted octanol–water partition coefficient (Wildman–Crippen LogP) is 2.95. The summed E-state index contributed by atoms with van der Waals surface area (Å²) in [4.78, 5) is 11.3. The number of carbonyl (C=O) groups excluding carboxylic acids is 1. The minimum absolute atomic E-state index is 0.0324. The lowest BCUT2D eigenvalue weighted by Crippen LogP contribution is -2.49. The average molecular weight is 249 g/mol. The van der Waals surface area contributed by atoms with E-state index in [1.807, 2.05) is 0 Å². The monoisotopic (exact) mass is 248 g/mol. The molecule has 0 aliphatic heterocycles. The van der Waals surface area contributed by atoms with Gasteiger partial charge >= 0.3 is 0 Å². The third kappa shape index (κ3) is 1.95. The molecule has 0 bridgehead atoms. The van der Waals surface area contributed by atoms with E-state index in [4.69, 9.17) is 16.3 Å². The van der Waals surface area contributed by atoms with Gasteiger partial charge in [0.05, 0.1) is 0 Å². The third-order valence-corrected chi connectivity index (χ3v) is 2.65. The highest BCUT2D eigenvalue weighted by molar-refractivity contribution is 6.65. The smallest absolute Gasteiger partial charge is 0.286 e. The predicted molar refractivity (Wildman–Crippen MR) is 56.6 cm³/mol. The van der Waals surface area contributed by atoms with Gasteiger partial charge < -0.3 is 4.74 Å². The van der Waals surface area contributed by atoms with Gasteiger partial charge in [-0.3, -0.25) is 4.79 Å². The molecule has 16 heavy (non-hydrogen) atoms. The van der Waals surface area contributed by atoms with Crippen LogP contribution in [0.1, 0.15) is 12.5 Å². The van der Waals surface area contributed by atoms with E-state index in [0.717, 1.165) is 7.11 Å². The number of benzene rings is 1. The molecule has 0 spiro atoms. The number of hydrogen-bond acceptors (Lipinski definition) is 2. The molecule has 2 nitrogen and oxygen atoms in total. The van der Waals surface area contributed by atoms with Crippen molar-refractivity contribution in [1.29, 1.82) is 0 Å². The Hall–Kier alpha value is -1.00. The highest BCUT2D eigenvalue weighted by Crippen LogP contribution is 2.42. The standard InChI is InChI=1S/C11H11ClF2O2/c1-10(13,14)11(16-2,9(12)15)8-6-4-3-5-7-8/h3-7H,1-2H3/t11-/m1/s1. The molecule has 0 unspecified atom stereocenters. The van der Waals surface area contributed by atoms with Gasteiger partial charge in [0.2, 0.25) is 5.60 Å². The molecule has 0 aliphatic carbocycles. The maximum atomic E-state index is 13.5. The van der Waals surface area contributed by atoms with E-state index in [-0.39, 0.29) is 5.56 Å². The van der Waals surface area contributed by atoms with Crippen molar-refractivity contribution >= 4 is 16.8 Å². The summed E-state index contributed by atoms with van der Waals surface area (Å²) >= 11 is 5.28. The maximum absolute atomic E-state index is 13.5. The fourth-order valence-corrected chi connectivity index (χ4v) is 1.94. The van der Waals surface area contributed by atoms with Crippen LogP contribution in [-0.4, -0.2) is 18.3 Å². The average Bonchev–Trinajstić information content (AvgIpc) is 2.18. The van der Waals surface area contributed by atoms with Gasteiger partial charge in [0.1, 0.15) is 0 Å². The zero-order valence-electron chi connectivity index (χ0n) is 8.84. The van der Waals surface area contributed by atoms with Crippen LogP contribution in [0.2, 0.25) is 0 Å². The summed E-state index contributed by atoms with van der Waals surface area (Å²) in [5.74, 6) is -3.41. The van der Waals surface area contributed by atoms with Crippen molar-refractivity contribution in [2.24, 2.45) is 0 Å². The number of ether oxygens (including phenoxy) is 1. The first-order chi connectivity index (χ1) is 7.36. The molecule has 0 saturated carbocycles. The number of hydrogen-bond donors (Lipinski definition) is 0. The van der Waals surface area contributed by atoms with Crippen LogP contribution in [0.3, 0.4) is 0 Å². The molecule has 0 fully saturated rings. The van der Waals surface area contributed by atoms with E-state index in [2.05, 4.69) is 0 Å². The van der Waals surface area contributed by atoms with Crippen molar-refractivity contribution in [1.82, 2.24) is 0 Å². The van der Waals surface area contributed by atoms with Crippen LogP contribution < -0.4 is 0 Å². The highest BCUT2D eigenvalue weighted by atomic mass is 35.5. The van der Waals surface area contributed by atoms with Crippen molar-refractivity contribution in [3.63, 3.8) is 0 Å². The number of methoxy groups -OCH3 is 1. The van der Waals surface area contributed by atoms with Crippen LogP contribution in [0.4, 0.5) is 8.78 Å². The number of alkyl halides is 2. The Kier molecular flexibility index (Phi) is 3.65. The zero-order chi connectivity index (χ0) is 12.4. The molecular weight excluding hydrogens is 238 g/mol. The molecule has 1 aromatic carbocycles. The molecule has 88 valence electrons. The minimum Gasteiger partial charge on any atom is -0.359 e. The summed E-state index contributed by atoms with van der Waals surface area (Å²) in [5.41, 5.74) is -2.40. The fraction of sp³-hybridized carbons (Fsp3) is 0.364. The zero-order valence-corrected chi connectivity index (χ0v) is 9.59. The lowest BCUT2D eigenvalue weighted by molar-refractivity contribution is -0.191. The number of rotatable bonds is 4. The molecule has 1 aromatic rings. The Balaban J connectivity index is 3.42. The SMILES string of the molecule is CO[C@@](C(=O)Cl)(c1ccccc1)C(C)(F)F. The molecule has 0 heterocycles. The van der Waals surface area contributed by atoms with E-state index in [0.29, 0.717) is 6.92 Å². The first-order valence-electron chi connectivity index (χ1n) is 4.54.